The summed E-state index contributed by atoms with van der Waals surface area (Å²) in [6.45, 7) is 0.942. The SMILES string of the molecule is O=C(CCCC(=O)N1CCCC2CCCCC21)NC1CC2CCCC(C2)C1. The van der Waals surface area contributed by atoms with E-state index in [-0.39, 0.29) is 5.91 Å². The molecule has 0 aromatic heterocycles. The Bertz CT molecular complexity index is 520. The molecule has 4 unspecified atom stereocenters. The van der Waals surface area contributed by atoms with E-state index in [9.17, 15) is 9.59 Å². The minimum absolute atomic E-state index is 0.168. The van der Waals surface area contributed by atoms with Gasteiger partial charge in [-0.15, -0.1) is 0 Å². The summed E-state index contributed by atoms with van der Waals surface area (Å²) in [5.41, 5.74) is 0. The van der Waals surface area contributed by atoms with E-state index >= 15 is 0 Å². The minimum Gasteiger partial charge on any atom is -0.353 e. The van der Waals surface area contributed by atoms with Gasteiger partial charge in [0.25, 0.3) is 0 Å². The third kappa shape index (κ3) is 4.86. The molecule has 4 rings (SSSR count). The van der Waals surface area contributed by atoms with Crippen LogP contribution in [-0.4, -0.2) is 35.3 Å². The molecule has 0 radical (unpaired) electrons. The van der Waals surface area contributed by atoms with Gasteiger partial charge in [0.15, 0.2) is 0 Å². The highest BCUT2D eigenvalue weighted by Gasteiger charge is 2.35. The maximum absolute atomic E-state index is 12.8. The number of likely N-dealkylation sites (tertiary alicyclic amines) is 1. The summed E-state index contributed by atoms with van der Waals surface area (Å²) in [6, 6.07) is 0.887. The highest BCUT2D eigenvalue weighted by atomic mass is 16.2. The first-order chi connectivity index (χ1) is 13.2. The van der Waals surface area contributed by atoms with Crippen molar-refractivity contribution in [1.82, 2.24) is 10.2 Å². The number of carbonyl (C=O) groups is 2. The molecule has 0 spiro atoms. The van der Waals surface area contributed by atoms with E-state index in [2.05, 4.69) is 10.2 Å². The summed E-state index contributed by atoms with van der Waals surface area (Å²) in [6.07, 6.45) is 17.2. The monoisotopic (exact) mass is 374 g/mol. The Hall–Kier alpha value is -1.06. The van der Waals surface area contributed by atoms with E-state index in [0.29, 0.717) is 37.3 Å². The molecular formula is C23H38N2O2. The first kappa shape index (κ1) is 19.3. The molecule has 4 fully saturated rings. The Morgan fingerprint density at radius 2 is 1.56 bits per heavy atom. The van der Waals surface area contributed by atoms with Gasteiger partial charge >= 0.3 is 0 Å². The summed E-state index contributed by atoms with van der Waals surface area (Å²) < 4.78 is 0. The highest BCUT2D eigenvalue weighted by molar-refractivity contribution is 5.79. The Labute approximate surface area is 164 Å². The number of nitrogens with zero attached hydrogens (tertiary/aromatic N) is 1. The van der Waals surface area contributed by atoms with Crippen molar-refractivity contribution in [2.24, 2.45) is 17.8 Å². The van der Waals surface area contributed by atoms with Gasteiger partial charge in [-0.25, -0.2) is 0 Å². The standard InChI is InChI=1S/C23H38N2O2/c26-22(24-20-15-17-6-3-7-18(14-17)16-20)11-4-12-23(27)25-13-5-9-19-8-1-2-10-21(19)25/h17-21H,1-16H2,(H,24,26). The third-order valence-electron chi connectivity index (χ3n) is 7.85. The van der Waals surface area contributed by atoms with E-state index in [0.717, 1.165) is 30.7 Å². The number of hydrogen-bond acceptors (Lipinski definition) is 2. The molecule has 1 aliphatic heterocycles. The zero-order chi connectivity index (χ0) is 18.6. The van der Waals surface area contributed by atoms with Gasteiger partial charge in [-0.2, -0.15) is 0 Å². The fraction of sp³-hybridized carbons (Fsp3) is 0.913. The normalized spacial score (nSPS) is 36.0. The van der Waals surface area contributed by atoms with Gasteiger partial charge in [0.05, 0.1) is 0 Å². The van der Waals surface area contributed by atoms with Crippen LogP contribution < -0.4 is 5.32 Å². The molecule has 4 atom stereocenters. The number of fused-ring (bicyclic) bond motifs is 3. The Balaban J connectivity index is 1.18. The quantitative estimate of drug-likeness (QED) is 0.774. The van der Waals surface area contributed by atoms with Crippen LogP contribution in [0.2, 0.25) is 0 Å². The molecule has 2 amide bonds. The molecule has 3 saturated carbocycles. The lowest BCUT2D eigenvalue weighted by Crippen LogP contribution is -2.49. The van der Waals surface area contributed by atoms with Crippen LogP contribution >= 0.6 is 0 Å². The van der Waals surface area contributed by atoms with Gasteiger partial charge < -0.3 is 10.2 Å². The molecule has 0 aromatic carbocycles. The maximum Gasteiger partial charge on any atom is 0.222 e. The van der Waals surface area contributed by atoms with Crippen LogP contribution in [0.1, 0.15) is 96.3 Å². The summed E-state index contributed by atoms with van der Waals surface area (Å²) >= 11 is 0. The molecule has 1 heterocycles. The van der Waals surface area contributed by atoms with Gasteiger partial charge in [0.1, 0.15) is 0 Å². The minimum atomic E-state index is 0.168. The van der Waals surface area contributed by atoms with Gasteiger partial charge in [0, 0.05) is 31.5 Å². The number of hydrogen-bond donors (Lipinski definition) is 1. The van der Waals surface area contributed by atoms with Crippen molar-refractivity contribution in [2.75, 3.05) is 6.54 Å². The van der Waals surface area contributed by atoms with Crippen molar-refractivity contribution in [3.63, 3.8) is 0 Å². The van der Waals surface area contributed by atoms with E-state index < -0.39 is 0 Å². The van der Waals surface area contributed by atoms with Crippen molar-refractivity contribution in [1.29, 1.82) is 0 Å². The second-order valence-corrected chi connectivity index (χ2v) is 9.83. The van der Waals surface area contributed by atoms with Crippen LogP contribution in [0.4, 0.5) is 0 Å². The second kappa shape index (κ2) is 8.96. The van der Waals surface area contributed by atoms with Crippen LogP contribution in [0.3, 0.4) is 0 Å². The van der Waals surface area contributed by atoms with Crippen molar-refractivity contribution in [3.05, 3.63) is 0 Å². The molecule has 0 aromatic rings. The highest BCUT2D eigenvalue weighted by Crippen LogP contribution is 2.40. The Kier molecular flexibility index (Phi) is 6.39. The van der Waals surface area contributed by atoms with Crippen molar-refractivity contribution in [2.45, 2.75) is 108 Å². The second-order valence-electron chi connectivity index (χ2n) is 9.83. The molecule has 152 valence electrons. The number of amides is 2. The fourth-order valence-electron chi connectivity index (χ4n) is 6.63. The van der Waals surface area contributed by atoms with E-state index in [1.807, 2.05) is 0 Å². The van der Waals surface area contributed by atoms with Gasteiger partial charge in [-0.1, -0.05) is 32.1 Å². The lowest BCUT2D eigenvalue weighted by molar-refractivity contribution is -0.137. The zero-order valence-corrected chi connectivity index (χ0v) is 17.0. The van der Waals surface area contributed by atoms with Crippen LogP contribution in [0.25, 0.3) is 0 Å². The average Bonchev–Trinajstić information content (AvgIpc) is 2.67. The lowest BCUT2D eigenvalue weighted by Gasteiger charge is -2.44. The number of carbonyl (C=O) groups excluding carboxylic acids is 2. The molecule has 27 heavy (non-hydrogen) atoms. The molecule has 4 nitrogen and oxygen atoms in total. The van der Waals surface area contributed by atoms with Crippen molar-refractivity contribution < 1.29 is 9.59 Å². The summed E-state index contributed by atoms with van der Waals surface area (Å²) in [5, 5.41) is 3.28. The molecule has 1 N–H and O–H groups in total. The topological polar surface area (TPSA) is 49.4 Å². The van der Waals surface area contributed by atoms with Gasteiger partial charge in [0.2, 0.25) is 11.8 Å². The smallest absolute Gasteiger partial charge is 0.222 e. The Morgan fingerprint density at radius 3 is 2.37 bits per heavy atom. The molecule has 4 aliphatic rings. The Morgan fingerprint density at radius 1 is 0.815 bits per heavy atom. The third-order valence-corrected chi connectivity index (χ3v) is 7.85. The van der Waals surface area contributed by atoms with Crippen LogP contribution in [-0.2, 0) is 9.59 Å². The molecule has 1 saturated heterocycles. The van der Waals surface area contributed by atoms with Crippen molar-refractivity contribution >= 4 is 11.8 Å². The van der Waals surface area contributed by atoms with Crippen LogP contribution in [0.15, 0.2) is 0 Å². The number of rotatable bonds is 5. The van der Waals surface area contributed by atoms with Crippen LogP contribution in [0.5, 0.6) is 0 Å². The van der Waals surface area contributed by atoms with Gasteiger partial charge in [-0.05, 0) is 69.1 Å². The summed E-state index contributed by atoms with van der Waals surface area (Å²) in [7, 11) is 0. The summed E-state index contributed by atoms with van der Waals surface area (Å²) in [5.74, 6) is 2.89. The first-order valence-electron chi connectivity index (χ1n) is 11.8. The maximum atomic E-state index is 12.8. The fourth-order valence-corrected chi connectivity index (χ4v) is 6.63. The predicted molar refractivity (Wildman–Crippen MR) is 107 cm³/mol. The van der Waals surface area contributed by atoms with E-state index in [1.54, 1.807) is 0 Å². The van der Waals surface area contributed by atoms with E-state index in [4.69, 9.17) is 0 Å². The molecule has 3 aliphatic carbocycles. The van der Waals surface area contributed by atoms with E-state index in [1.165, 1.54) is 70.6 Å². The number of nitrogens with one attached hydrogen (secondary N) is 1. The van der Waals surface area contributed by atoms with Crippen LogP contribution in [0, 0.1) is 17.8 Å². The molecule has 4 heteroatoms. The molecular weight excluding hydrogens is 336 g/mol. The first-order valence-corrected chi connectivity index (χ1v) is 11.8. The average molecular weight is 375 g/mol. The summed E-state index contributed by atoms with van der Waals surface area (Å²) in [4.78, 5) is 27.3. The van der Waals surface area contributed by atoms with Crippen molar-refractivity contribution in [3.8, 4) is 0 Å². The zero-order valence-electron chi connectivity index (χ0n) is 17.0. The predicted octanol–water partition coefficient (Wildman–Crippen LogP) is 4.42. The number of piperidine rings is 1. The largest absolute Gasteiger partial charge is 0.353 e. The lowest BCUT2D eigenvalue weighted by atomic mass is 9.70. The molecule has 2 bridgehead atoms. The van der Waals surface area contributed by atoms with Gasteiger partial charge in [-0.3, -0.25) is 9.59 Å².